The minimum absolute atomic E-state index is 0.0177. The Labute approximate surface area is 116 Å². The molecule has 1 N–H and O–H groups in total. The topological polar surface area (TPSA) is 42.0 Å². The number of nitrogens with one attached hydrogen (secondary N) is 1. The predicted octanol–water partition coefficient (Wildman–Crippen LogP) is 3.17. The maximum Gasteiger partial charge on any atom is 0.271 e. The van der Waals surface area contributed by atoms with Crippen molar-refractivity contribution in [2.75, 3.05) is 6.26 Å². The van der Waals surface area contributed by atoms with Crippen LogP contribution in [0.5, 0.6) is 0 Å². The fraction of sp³-hybridized carbons (Fsp3) is 0.692. The Balaban J connectivity index is 1.64. The normalized spacial score (nSPS) is 30.4. The lowest BCUT2D eigenvalue weighted by Crippen LogP contribution is -2.37. The molecule has 1 aromatic rings. The molecule has 0 aliphatic heterocycles. The summed E-state index contributed by atoms with van der Waals surface area (Å²) in [6, 6.07) is 0.393. The lowest BCUT2D eigenvalue weighted by Gasteiger charge is -2.19. The first-order valence-corrected chi connectivity index (χ1v) is 8.68. The Kier molecular flexibility index (Phi) is 3.61. The summed E-state index contributed by atoms with van der Waals surface area (Å²) in [6.45, 7) is 0. The molecule has 3 rings (SSSR count). The summed E-state index contributed by atoms with van der Waals surface area (Å²) >= 11 is 3.14. The minimum atomic E-state index is 0.0177. The van der Waals surface area contributed by atoms with Crippen LogP contribution in [0.4, 0.5) is 0 Å². The van der Waals surface area contributed by atoms with Crippen molar-refractivity contribution in [3.63, 3.8) is 0 Å². The lowest BCUT2D eigenvalue weighted by molar-refractivity contribution is 0.0921. The zero-order valence-corrected chi connectivity index (χ0v) is 12.1. The van der Waals surface area contributed by atoms with Gasteiger partial charge in [-0.25, -0.2) is 4.98 Å². The third kappa shape index (κ3) is 2.30. The van der Waals surface area contributed by atoms with E-state index < -0.39 is 0 Å². The molecule has 18 heavy (non-hydrogen) atoms. The molecule has 3 nitrogen and oxygen atoms in total. The summed E-state index contributed by atoms with van der Waals surface area (Å²) < 4.78 is 0.963. The van der Waals surface area contributed by atoms with Crippen LogP contribution in [0.15, 0.2) is 9.72 Å². The summed E-state index contributed by atoms with van der Waals surface area (Å²) in [4.78, 5) is 16.5. The Morgan fingerprint density at radius 1 is 1.44 bits per heavy atom. The molecule has 2 aliphatic rings. The van der Waals surface area contributed by atoms with Crippen molar-refractivity contribution in [3.05, 3.63) is 11.1 Å². The van der Waals surface area contributed by atoms with Gasteiger partial charge in [-0.15, -0.1) is 11.3 Å². The molecule has 1 amide bonds. The largest absolute Gasteiger partial charge is 0.348 e. The Morgan fingerprint density at radius 3 is 3.11 bits per heavy atom. The highest BCUT2D eigenvalue weighted by Gasteiger charge is 2.39. The molecule has 2 aliphatic carbocycles. The SMILES string of the molecule is CSc1nc(C(=O)N[C@H]2CC[C@@H]3CCC[C@@H]32)cs1. The molecule has 2 saturated carbocycles. The molecule has 5 heteroatoms. The van der Waals surface area contributed by atoms with E-state index in [4.69, 9.17) is 0 Å². The van der Waals surface area contributed by atoms with Crippen LogP contribution in [0, 0.1) is 11.8 Å². The van der Waals surface area contributed by atoms with Gasteiger partial charge in [0, 0.05) is 11.4 Å². The molecule has 2 fully saturated rings. The van der Waals surface area contributed by atoms with E-state index in [0.29, 0.717) is 11.7 Å². The maximum absolute atomic E-state index is 12.1. The van der Waals surface area contributed by atoms with Crippen LogP contribution in [0.25, 0.3) is 0 Å². The molecular formula is C13H18N2OS2. The Bertz CT molecular complexity index is 446. The number of carbonyl (C=O) groups is 1. The zero-order chi connectivity index (χ0) is 12.5. The van der Waals surface area contributed by atoms with E-state index >= 15 is 0 Å². The number of nitrogens with zero attached hydrogens (tertiary/aromatic N) is 1. The van der Waals surface area contributed by atoms with Crippen LogP contribution in [-0.2, 0) is 0 Å². The van der Waals surface area contributed by atoms with Gasteiger partial charge in [0.05, 0.1) is 0 Å². The molecule has 1 heterocycles. The fourth-order valence-electron chi connectivity index (χ4n) is 3.44. The van der Waals surface area contributed by atoms with Crippen molar-refractivity contribution in [2.24, 2.45) is 11.8 Å². The van der Waals surface area contributed by atoms with E-state index in [9.17, 15) is 4.79 Å². The van der Waals surface area contributed by atoms with Crippen LogP contribution < -0.4 is 5.32 Å². The quantitative estimate of drug-likeness (QED) is 0.866. The molecule has 3 atom stereocenters. The van der Waals surface area contributed by atoms with E-state index in [2.05, 4.69) is 10.3 Å². The molecular weight excluding hydrogens is 264 g/mol. The van der Waals surface area contributed by atoms with Gasteiger partial charge in [0.2, 0.25) is 0 Å². The highest BCUT2D eigenvalue weighted by atomic mass is 32.2. The van der Waals surface area contributed by atoms with Gasteiger partial charge in [0.15, 0.2) is 0 Å². The van der Waals surface area contributed by atoms with Crippen LogP contribution >= 0.6 is 23.1 Å². The van der Waals surface area contributed by atoms with E-state index in [0.717, 1.165) is 22.6 Å². The summed E-state index contributed by atoms with van der Waals surface area (Å²) in [6.07, 6.45) is 8.44. The third-order valence-electron chi connectivity index (χ3n) is 4.29. The molecule has 0 aromatic carbocycles. The van der Waals surface area contributed by atoms with E-state index in [-0.39, 0.29) is 5.91 Å². The van der Waals surface area contributed by atoms with Crippen molar-refractivity contribution < 1.29 is 4.79 Å². The number of hydrogen-bond acceptors (Lipinski definition) is 4. The first-order chi connectivity index (χ1) is 8.78. The average molecular weight is 282 g/mol. The minimum Gasteiger partial charge on any atom is -0.348 e. The molecule has 0 saturated heterocycles. The van der Waals surface area contributed by atoms with Crippen molar-refractivity contribution in [1.29, 1.82) is 0 Å². The van der Waals surface area contributed by atoms with E-state index in [1.54, 1.807) is 23.1 Å². The van der Waals surface area contributed by atoms with Crippen LogP contribution in [-0.4, -0.2) is 23.2 Å². The van der Waals surface area contributed by atoms with E-state index in [1.807, 2.05) is 11.6 Å². The van der Waals surface area contributed by atoms with Crippen LogP contribution in [0.2, 0.25) is 0 Å². The molecule has 1 aromatic heterocycles. The summed E-state index contributed by atoms with van der Waals surface area (Å²) in [5.74, 6) is 1.61. The first-order valence-electron chi connectivity index (χ1n) is 6.58. The number of rotatable bonds is 3. The van der Waals surface area contributed by atoms with Gasteiger partial charge >= 0.3 is 0 Å². The third-order valence-corrected chi connectivity index (χ3v) is 6.15. The van der Waals surface area contributed by atoms with Crippen molar-refractivity contribution >= 4 is 29.0 Å². The second-order valence-electron chi connectivity index (χ2n) is 5.21. The van der Waals surface area contributed by atoms with Gasteiger partial charge in [-0.3, -0.25) is 4.79 Å². The molecule has 0 bridgehead atoms. The second-order valence-corrected chi connectivity index (χ2v) is 7.13. The molecule has 0 radical (unpaired) electrons. The lowest BCUT2D eigenvalue weighted by atomic mass is 9.97. The van der Waals surface area contributed by atoms with E-state index in [1.165, 1.54) is 25.7 Å². The molecule has 0 unspecified atom stereocenters. The zero-order valence-electron chi connectivity index (χ0n) is 10.5. The number of aromatic nitrogens is 1. The first kappa shape index (κ1) is 12.5. The number of thiazole rings is 1. The number of thioether (sulfide) groups is 1. The van der Waals surface area contributed by atoms with Crippen molar-refractivity contribution in [2.45, 2.75) is 42.5 Å². The highest BCUT2D eigenvalue weighted by molar-refractivity contribution is 8.00. The van der Waals surface area contributed by atoms with Gasteiger partial charge in [-0.2, -0.15) is 0 Å². The molecule has 98 valence electrons. The van der Waals surface area contributed by atoms with Gasteiger partial charge in [0.25, 0.3) is 5.91 Å². The number of amides is 1. The smallest absolute Gasteiger partial charge is 0.271 e. The summed E-state index contributed by atoms with van der Waals surface area (Å²) in [5.41, 5.74) is 0.589. The standard InChI is InChI=1S/C13H18N2OS2/c1-17-13-15-11(7-18-13)12(16)14-10-6-5-8-3-2-4-9(8)10/h7-10H,2-6H2,1H3,(H,14,16)/t8-,9-,10-/m0/s1. The molecule has 0 spiro atoms. The van der Waals surface area contributed by atoms with Crippen LogP contribution in [0.3, 0.4) is 0 Å². The maximum atomic E-state index is 12.1. The second kappa shape index (κ2) is 5.21. The van der Waals surface area contributed by atoms with Crippen LogP contribution in [0.1, 0.15) is 42.6 Å². The predicted molar refractivity (Wildman–Crippen MR) is 75.2 cm³/mol. The highest BCUT2D eigenvalue weighted by Crippen LogP contribution is 2.44. The van der Waals surface area contributed by atoms with Gasteiger partial charge in [-0.05, 0) is 37.4 Å². The van der Waals surface area contributed by atoms with Gasteiger partial charge in [-0.1, -0.05) is 24.6 Å². The number of fused-ring (bicyclic) bond motifs is 1. The van der Waals surface area contributed by atoms with Gasteiger partial charge < -0.3 is 5.32 Å². The summed E-state index contributed by atoms with van der Waals surface area (Å²) in [7, 11) is 0. The summed E-state index contributed by atoms with van der Waals surface area (Å²) in [5, 5.41) is 5.06. The fourth-order valence-corrected chi connectivity index (χ4v) is 4.68. The Hall–Kier alpha value is -0.550. The van der Waals surface area contributed by atoms with Crippen molar-refractivity contribution in [1.82, 2.24) is 10.3 Å². The number of carbonyl (C=O) groups excluding carboxylic acids is 1. The monoisotopic (exact) mass is 282 g/mol. The van der Waals surface area contributed by atoms with Crippen molar-refractivity contribution in [3.8, 4) is 0 Å². The Morgan fingerprint density at radius 2 is 2.33 bits per heavy atom. The van der Waals surface area contributed by atoms with Gasteiger partial charge in [0.1, 0.15) is 10.0 Å². The average Bonchev–Trinajstić information content (AvgIpc) is 3.05. The number of hydrogen-bond donors (Lipinski definition) is 1.